The fourth-order valence-electron chi connectivity index (χ4n) is 1.56. The number of rotatable bonds is 12. The van der Waals surface area contributed by atoms with Crippen LogP contribution in [0.15, 0.2) is 0 Å². The molecule has 0 aromatic carbocycles. The normalized spacial score (nSPS) is 15.5. The predicted molar refractivity (Wildman–Crippen MR) is 86.9 cm³/mol. The predicted octanol–water partition coefficient (Wildman–Crippen LogP) is -2.35. The van der Waals surface area contributed by atoms with E-state index >= 15 is 0 Å². The van der Waals surface area contributed by atoms with Gasteiger partial charge >= 0.3 is 5.97 Å². The maximum atomic E-state index is 11.5. The first-order valence-electron chi connectivity index (χ1n) is 6.68. The van der Waals surface area contributed by atoms with Gasteiger partial charge in [-0.1, -0.05) is 6.42 Å². The van der Waals surface area contributed by atoms with Crippen molar-refractivity contribution < 1.29 is 35.1 Å². The zero-order valence-corrected chi connectivity index (χ0v) is 14.1. The molecule has 8 N–H and O–H groups in total. The molecule has 11 heteroatoms. The first-order chi connectivity index (χ1) is 9.81. The van der Waals surface area contributed by atoms with Gasteiger partial charge in [0.2, 0.25) is 0 Å². The zero-order chi connectivity index (χ0) is 16.4. The van der Waals surface area contributed by atoms with E-state index in [4.69, 9.17) is 21.1 Å². The molecule has 4 atom stereocenters. The minimum Gasteiger partial charge on any atom is -0.480 e. The molecule has 0 aliphatic heterocycles. The third-order valence-electron chi connectivity index (χ3n) is 2.97. The van der Waals surface area contributed by atoms with E-state index in [9.17, 15) is 19.8 Å². The minimum atomic E-state index is -1.78. The van der Waals surface area contributed by atoms with E-state index in [1.54, 1.807) is 0 Å². The molecule has 0 aromatic heterocycles. The second-order valence-corrected chi connectivity index (χ2v) is 4.77. The third kappa shape index (κ3) is 11.6. The number of carboxylic acids is 1. The van der Waals surface area contributed by atoms with Gasteiger partial charge in [0, 0.05) is 0 Å². The highest BCUT2D eigenvalue weighted by molar-refractivity contribution is 5.86. The Morgan fingerprint density at radius 1 is 1.09 bits per heavy atom. The van der Waals surface area contributed by atoms with E-state index in [-0.39, 0.29) is 31.4 Å². The van der Waals surface area contributed by atoms with E-state index in [0.717, 1.165) is 0 Å². The average molecular weight is 381 g/mol. The number of nitrogens with two attached hydrogens (primary N) is 1. The van der Waals surface area contributed by atoms with Crippen molar-refractivity contribution in [2.24, 2.45) is 5.73 Å². The van der Waals surface area contributed by atoms with Gasteiger partial charge in [-0.25, -0.2) is 0 Å². The summed E-state index contributed by atoms with van der Waals surface area (Å²) in [4.78, 5) is 21.9. The number of carbonyl (C=O) groups is 2. The van der Waals surface area contributed by atoms with Crippen LogP contribution in [0.25, 0.3) is 0 Å². The number of halogens is 2. The molecule has 9 nitrogen and oxygen atoms in total. The summed E-state index contributed by atoms with van der Waals surface area (Å²) in [5.74, 6) is -1.77. The molecule has 0 unspecified atom stereocenters. The van der Waals surface area contributed by atoms with Crippen LogP contribution >= 0.6 is 24.8 Å². The number of unbranched alkanes of at least 4 members (excludes halogenated alkanes) is 1. The van der Waals surface area contributed by atoms with Gasteiger partial charge in [-0.15, -0.1) is 24.8 Å². The molecule has 0 saturated heterocycles. The third-order valence-corrected chi connectivity index (χ3v) is 2.97. The smallest absolute Gasteiger partial charge is 0.320 e. The Morgan fingerprint density at radius 3 is 2.13 bits per heavy atom. The van der Waals surface area contributed by atoms with Crippen LogP contribution in [-0.2, 0) is 9.59 Å². The first-order valence-corrected chi connectivity index (χ1v) is 6.68. The maximum absolute atomic E-state index is 11.5. The molecule has 0 aliphatic carbocycles. The fraction of sp³-hybridized carbons (Fsp3) is 0.833. The standard InChI is InChI=1S/C12H24N2O7.2ClH/c13-7(12(20)21)3-1-2-4-14-5-8(16)10(18)11(19)9(17)6-15;;/h7,9-11,14-15,17-19H,1-6,13H2,(H,20,21);2*1H/t7-,9+,10+,11+;;/m0../s1. The van der Waals surface area contributed by atoms with Gasteiger partial charge in [0.05, 0.1) is 13.2 Å². The van der Waals surface area contributed by atoms with Crippen LogP contribution in [0.4, 0.5) is 0 Å². The van der Waals surface area contributed by atoms with Gasteiger partial charge in [0.15, 0.2) is 5.78 Å². The summed E-state index contributed by atoms with van der Waals surface area (Å²) in [5, 5.41) is 47.7. The number of carbonyl (C=O) groups excluding carboxylic acids is 1. The van der Waals surface area contributed by atoms with Gasteiger partial charge in [-0.2, -0.15) is 0 Å². The number of hydrogen-bond acceptors (Lipinski definition) is 8. The van der Waals surface area contributed by atoms with Crippen molar-refractivity contribution in [3.8, 4) is 0 Å². The number of aliphatic hydroxyl groups excluding tert-OH is 4. The van der Waals surface area contributed by atoms with Gasteiger partial charge in [-0.3, -0.25) is 9.59 Å². The van der Waals surface area contributed by atoms with E-state index in [1.807, 2.05) is 0 Å². The largest absolute Gasteiger partial charge is 0.480 e. The highest BCUT2D eigenvalue weighted by Crippen LogP contribution is 2.01. The van der Waals surface area contributed by atoms with Crippen molar-refractivity contribution in [3.05, 3.63) is 0 Å². The summed E-state index contributed by atoms with van der Waals surface area (Å²) in [6, 6.07) is -0.899. The van der Waals surface area contributed by atoms with E-state index in [0.29, 0.717) is 25.8 Å². The summed E-state index contributed by atoms with van der Waals surface area (Å²) < 4.78 is 0. The molecule has 0 amide bonds. The molecule has 0 fully saturated rings. The summed E-state index contributed by atoms with van der Waals surface area (Å²) in [6.45, 7) is -0.548. The second-order valence-electron chi connectivity index (χ2n) is 4.77. The van der Waals surface area contributed by atoms with Crippen molar-refractivity contribution in [3.63, 3.8) is 0 Å². The summed E-state index contributed by atoms with van der Waals surface area (Å²) in [7, 11) is 0. The molecule has 0 saturated carbocycles. The Kier molecular flexibility index (Phi) is 17.9. The average Bonchev–Trinajstić information content (AvgIpc) is 2.47. The number of Topliss-reactive ketones (excluding diaryl/α,β-unsaturated/α-hetero) is 1. The van der Waals surface area contributed by atoms with Crippen LogP contribution in [0.3, 0.4) is 0 Å². The first kappa shape index (κ1) is 27.3. The Hall–Kier alpha value is -0.520. The van der Waals surface area contributed by atoms with Gasteiger partial charge in [0.1, 0.15) is 24.4 Å². The number of carboxylic acid groups (broad SMARTS) is 1. The molecule has 23 heavy (non-hydrogen) atoms. The lowest BCUT2D eigenvalue weighted by Gasteiger charge is -2.20. The molecular formula is C12H26Cl2N2O7. The molecule has 0 aliphatic rings. The summed E-state index contributed by atoms with van der Waals surface area (Å²) >= 11 is 0. The van der Waals surface area contributed by atoms with Crippen LogP contribution in [0, 0.1) is 0 Å². The highest BCUT2D eigenvalue weighted by atomic mass is 35.5. The van der Waals surface area contributed by atoms with Crippen molar-refractivity contribution >= 4 is 36.6 Å². The Morgan fingerprint density at radius 2 is 1.65 bits per heavy atom. The van der Waals surface area contributed by atoms with Gasteiger partial charge in [0.25, 0.3) is 0 Å². The summed E-state index contributed by atoms with van der Waals surface area (Å²) in [5.41, 5.74) is 5.31. The lowest BCUT2D eigenvalue weighted by Crippen LogP contribution is -2.46. The van der Waals surface area contributed by atoms with Crippen LogP contribution in [0.5, 0.6) is 0 Å². The molecule has 0 heterocycles. The molecule has 0 spiro atoms. The van der Waals surface area contributed by atoms with Crippen LogP contribution in [-0.4, -0.2) is 81.3 Å². The zero-order valence-electron chi connectivity index (χ0n) is 12.5. The van der Waals surface area contributed by atoms with Crippen molar-refractivity contribution in [1.29, 1.82) is 0 Å². The lowest BCUT2D eigenvalue weighted by molar-refractivity contribution is -0.139. The number of aliphatic carboxylic acids is 1. The lowest BCUT2D eigenvalue weighted by atomic mass is 10.0. The number of ketones is 1. The molecule has 140 valence electrons. The number of nitrogens with one attached hydrogen (secondary N) is 1. The van der Waals surface area contributed by atoms with Crippen molar-refractivity contribution in [2.75, 3.05) is 19.7 Å². The summed E-state index contributed by atoms with van der Waals surface area (Å²) in [6.07, 6.45) is -3.59. The number of aliphatic hydroxyl groups is 4. The molecule has 0 bridgehead atoms. The van der Waals surface area contributed by atoms with Crippen molar-refractivity contribution in [2.45, 2.75) is 43.6 Å². The molecule has 0 aromatic rings. The topological polar surface area (TPSA) is 173 Å². The SMILES string of the molecule is Cl.Cl.N[C@@H](CCCCNCC(=O)[C@@H](O)[C@H](O)[C@H](O)CO)C(=O)O. The number of hydrogen-bond donors (Lipinski definition) is 7. The monoisotopic (exact) mass is 380 g/mol. The molecule has 0 rings (SSSR count). The Balaban J connectivity index is -0.00000200. The Labute approximate surface area is 146 Å². The second kappa shape index (κ2) is 15.0. The van der Waals surface area contributed by atoms with Gasteiger partial charge < -0.3 is 36.6 Å². The molecular weight excluding hydrogens is 355 g/mol. The van der Waals surface area contributed by atoms with Crippen LogP contribution in [0.1, 0.15) is 19.3 Å². The van der Waals surface area contributed by atoms with Crippen LogP contribution < -0.4 is 11.1 Å². The van der Waals surface area contributed by atoms with E-state index in [2.05, 4.69) is 5.32 Å². The van der Waals surface area contributed by atoms with Crippen molar-refractivity contribution in [1.82, 2.24) is 5.32 Å². The fourth-order valence-corrected chi connectivity index (χ4v) is 1.56. The van der Waals surface area contributed by atoms with E-state index < -0.39 is 42.7 Å². The Bertz CT molecular complexity index is 337. The quantitative estimate of drug-likeness (QED) is 0.183. The minimum absolute atomic E-state index is 0. The highest BCUT2D eigenvalue weighted by Gasteiger charge is 2.29. The molecule has 0 radical (unpaired) electrons. The van der Waals surface area contributed by atoms with Gasteiger partial charge in [-0.05, 0) is 19.4 Å². The maximum Gasteiger partial charge on any atom is 0.320 e. The van der Waals surface area contributed by atoms with E-state index in [1.165, 1.54) is 0 Å². The van der Waals surface area contributed by atoms with Crippen LogP contribution in [0.2, 0.25) is 0 Å².